The van der Waals surface area contributed by atoms with Gasteiger partial charge in [-0.25, -0.2) is 4.39 Å². The molecule has 23 heavy (non-hydrogen) atoms. The molecule has 1 aliphatic heterocycles. The van der Waals surface area contributed by atoms with Gasteiger partial charge in [-0.15, -0.1) is 0 Å². The van der Waals surface area contributed by atoms with Gasteiger partial charge in [-0.1, -0.05) is 17.8 Å². The van der Waals surface area contributed by atoms with E-state index in [1.807, 2.05) is 0 Å². The molecule has 122 valence electrons. The Hall–Kier alpha value is -1.86. The molecular weight excluding hydrogens is 319 g/mol. The van der Waals surface area contributed by atoms with Crippen molar-refractivity contribution in [3.63, 3.8) is 0 Å². The summed E-state index contributed by atoms with van der Waals surface area (Å²) in [4.78, 5) is 24.1. The van der Waals surface area contributed by atoms with E-state index in [0.717, 1.165) is 5.56 Å². The first-order chi connectivity index (χ1) is 11.0. The van der Waals surface area contributed by atoms with Gasteiger partial charge >= 0.3 is 0 Å². The first kappa shape index (κ1) is 16.0. The number of thioether (sulfide) groups is 1. The van der Waals surface area contributed by atoms with Gasteiger partial charge in [0.2, 0.25) is 5.91 Å². The Morgan fingerprint density at radius 3 is 2.91 bits per heavy atom. The van der Waals surface area contributed by atoms with Crippen LogP contribution >= 0.6 is 11.8 Å². The lowest BCUT2D eigenvalue weighted by molar-refractivity contribution is -0.120. The standard InChI is InChI=1S/C16H16FN2O3S/c1-8-5-6-11(10(17)7-8)18-16-13(15(21)19-22)9-3-2-4-12(20)14(9)23-16/h5-7,9,14H,2-4H2,1H3,(H2-,18,19,21,22)/q-1. The van der Waals surface area contributed by atoms with Crippen LogP contribution in [0.25, 0.3) is 0 Å². The molecule has 3 rings (SSSR count). The van der Waals surface area contributed by atoms with Crippen LogP contribution in [0.15, 0.2) is 28.8 Å². The van der Waals surface area contributed by atoms with Crippen LogP contribution in [0.5, 0.6) is 0 Å². The van der Waals surface area contributed by atoms with E-state index in [9.17, 15) is 19.2 Å². The van der Waals surface area contributed by atoms with Crippen molar-refractivity contribution in [2.75, 3.05) is 5.32 Å². The van der Waals surface area contributed by atoms with Crippen molar-refractivity contribution >= 4 is 29.1 Å². The number of hydrogen-bond donors (Lipinski definition) is 2. The number of aryl methyl sites for hydroxylation is 1. The molecule has 2 atom stereocenters. The molecule has 2 N–H and O–H groups in total. The zero-order valence-electron chi connectivity index (χ0n) is 12.5. The summed E-state index contributed by atoms with van der Waals surface area (Å²) in [5.74, 6) is -1.41. The number of Topliss-reactive ketones (excluding diaryl/α,β-unsaturated/α-hetero) is 1. The van der Waals surface area contributed by atoms with Gasteiger partial charge in [0.15, 0.2) is 0 Å². The molecule has 1 aromatic carbocycles. The van der Waals surface area contributed by atoms with E-state index in [0.29, 0.717) is 24.3 Å². The van der Waals surface area contributed by atoms with Crippen LogP contribution in [-0.2, 0) is 9.59 Å². The van der Waals surface area contributed by atoms with E-state index in [1.165, 1.54) is 23.3 Å². The van der Waals surface area contributed by atoms with Gasteiger partial charge in [-0.2, -0.15) is 0 Å². The van der Waals surface area contributed by atoms with Crippen LogP contribution in [0.1, 0.15) is 24.8 Å². The van der Waals surface area contributed by atoms with E-state index in [1.54, 1.807) is 19.1 Å². The minimum Gasteiger partial charge on any atom is -0.759 e. The third-order valence-corrected chi connectivity index (χ3v) is 5.59. The van der Waals surface area contributed by atoms with E-state index < -0.39 is 11.7 Å². The average Bonchev–Trinajstić information content (AvgIpc) is 2.89. The van der Waals surface area contributed by atoms with Crippen LogP contribution in [-0.4, -0.2) is 16.9 Å². The monoisotopic (exact) mass is 335 g/mol. The highest BCUT2D eigenvalue weighted by atomic mass is 32.2. The lowest BCUT2D eigenvalue weighted by Gasteiger charge is -2.25. The third kappa shape index (κ3) is 2.98. The number of rotatable bonds is 3. The number of carbonyl (C=O) groups excluding carboxylic acids is 2. The van der Waals surface area contributed by atoms with E-state index in [4.69, 9.17) is 0 Å². The zero-order valence-corrected chi connectivity index (χ0v) is 13.3. The van der Waals surface area contributed by atoms with Crippen molar-refractivity contribution in [1.29, 1.82) is 0 Å². The Bertz CT molecular complexity index is 705. The molecule has 1 saturated carbocycles. The predicted molar refractivity (Wildman–Crippen MR) is 87.0 cm³/mol. The van der Waals surface area contributed by atoms with Crippen LogP contribution in [0, 0.1) is 23.9 Å². The van der Waals surface area contributed by atoms with Crippen LogP contribution in [0.2, 0.25) is 0 Å². The summed E-state index contributed by atoms with van der Waals surface area (Å²) < 4.78 is 14.0. The van der Waals surface area contributed by atoms with E-state index in [-0.39, 0.29) is 28.2 Å². The highest BCUT2D eigenvalue weighted by molar-refractivity contribution is 8.04. The summed E-state index contributed by atoms with van der Waals surface area (Å²) in [6.07, 6.45) is 1.85. The third-order valence-electron chi connectivity index (χ3n) is 4.19. The number of carbonyl (C=O) groups is 2. The van der Waals surface area contributed by atoms with Gasteiger partial charge in [-0.3, -0.25) is 9.59 Å². The highest BCUT2D eigenvalue weighted by Gasteiger charge is 2.44. The summed E-state index contributed by atoms with van der Waals surface area (Å²) in [6.45, 7) is 1.78. The Balaban J connectivity index is 1.96. The summed E-state index contributed by atoms with van der Waals surface area (Å²) in [6, 6.07) is 4.71. The Morgan fingerprint density at radius 1 is 1.43 bits per heavy atom. The number of amides is 1. The summed E-state index contributed by atoms with van der Waals surface area (Å²) in [7, 11) is 0. The number of ketones is 1. The van der Waals surface area contributed by atoms with Crippen LogP contribution in [0.4, 0.5) is 10.1 Å². The molecule has 0 aromatic heterocycles. The normalized spacial score (nSPS) is 23.7. The summed E-state index contributed by atoms with van der Waals surface area (Å²) >= 11 is 1.21. The number of fused-ring (bicyclic) bond motifs is 1. The number of halogens is 1. The van der Waals surface area contributed by atoms with Gasteiger partial charge in [-0.05, 0) is 37.5 Å². The molecule has 0 saturated heterocycles. The first-order valence-electron chi connectivity index (χ1n) is 7.40. The minimum atomic E-state index is -0.755. The van der Waals surface area contributed by atoms with Crippen molar-refractivity contribution in [2.24, 2.45) is 5.92 Å². The van der Waals surface area contributed by atoms with Crippen molar-refractivity contribution in [1.82, 2.24) is 5.48 Å². The second kappa shape index (κ2) is 6.33. The molecule has 0 bridgehead atoms. The lowest BCUT2D eigenvalue weighted by Crippen LogP contribution is -2.33. The van der Waals surface area contributed by atoms with Gasteiger partial charge in [0.05, 0.1) is 21.5 Å². The van der Waals surface area contributed by atoms with Crippen molar-refractivity contribution in [3.8, 4) is 0 Å². The molecule has 0 radical (unpaired) electrons. The number of anilines is 1. The fraction of sp³-hybridized carbons (Fsp3) is 0.375. The van der Waals surface area contributed by atoms with Crippen LogP contribution < -0.4 is 10.8 Å². The van der Waals surface area contributed by atoms with Gasteiger partial charge < -0.3 is 16.0 Å². The summed E-state index contributed by atoms with van der Waals surface area (Å²) in [5, 5.41) is 13.8. The van der Waals surface area contributed by atoms with Crippen molar-refractivity contribution < 1.29 is 14.0 Å². The average molecular weight is 335 g/mol. The largest absolute Gasteiger partial charge is 0.759 e. The molecule has 2 unspecified atom stereocenters. The van der Waals surface area contributed by atoms with E-state index >= 15 is 0 Å². The fourth-order valence-electron chi connectivity index (χ4n) is 3.08. The molecule has 2 aliphatic rings. The van der Waals surface area contributed by atoms with E-state index in [2.05, 4.69) is 5.32 Å². The molecule has 0 spiro atoms. The highest BCUT2D eigenvalue weighted by Crippen LogP contribution is 2.47. The Kier molecular flexibility index (Phi) is 4.41. The predicted octanol–water partition coefficient (Wildman–Crippen LogP) is 2.86. The molecular formula is C16H16FN2O3S-. The second-order valence-corrected chi connectivity index (χ2v) is 6.94. The maximum absolute atomic E-state index is 14.0. The first-order valence-corrected chi connectivity index (χ1v) is 8.28. The lowest BCUT2D eigenvalue weighted by atomic mass is 9.83. The smallest absolute Gasteiger partial charge is 0.239 e. The minimum absolute atomic E-state index is 0.0728. The molecule has 1 fully saturated rings. The van der Waals surface area contributed by atoms with Gasteiger partial charge in [0.1, 0.15) is 11.6 Å². The van der Waals surface area contributed by atoms with Gasteiger partial charge in [0.25, 0.3) is 0 Å². The quantitative estimate of drug-likeness (QED) is 0.830. The zero-order chi connectivity index (χ0) is 16.6. The number of hydroxylamine groups is 1. The molecule has 1 heterocycles. The molecule has 1 aliphatic carbocycles. The Labute approximate surface area is 137 Å². The fourth-order valence-corrected chi connectivity index (χ4v) is 4.56. The topological polar surface area (TPSA) is 81.3 Å². The van der Waals surface area contributed by atoms with Crippen molar-refractivity contribution in [2.45, 2.75) is 31.4 Å². The second-order valence-electron chi connectivity index (χ2n) is 5.79. The van der Waals surface area contributed by atoms with Crippen molar-refractivity contribution in [3.05, 3.63) is 45.4 Å². The molecule has 1 aromatic rings. The summed E-state index contributed by atoms with van der Waals surface area (Å²) in [5.41, 5.74) is 2.66. The number of nitrogens with one attached hydrogen (secondary N) is 2. The maximum Gasteiger partial charge on any atom is 0.239 e. The van der Waals surface area contributed by atoms with Crippen LogP contribution in [0.3, 0.4) is 0 Å². The SMILES string of the molecule is Cc1ccc(NC2=C(C(=O)N[O-])C3CCCC(=O)C3S2)c(F)c1. The number of hydrogen-bond acceptors (Lipinski definition) is 5. The molecule has 1 amide bonds. The molecule has 7 heteroatoms. The maximum atomic E-state index is 14.0. The van der Waals surface area contributed by atoms with Gasteiger partial charge in [0, 0.05) is 12.3 Å². The molecule has 5 nitrogen and oxygen atoms in total. The Morgan fingerprint density at radius 2 is 2.22 bits per heavy atom. The number of benzene rings is 1.